The van der Waals surface area contributed by atoms with Crippen LogP contribution in [0.15, 0.2) is 23.3 Å². The summed E-state index contributed by atoms with van der Waals surface area (Å²) >= 11 is 0. The summed E-state index contributed by atoms with van der Waals surface area (Å²) in [6, 6.07) is 0. The van der Waals surface area contributed by atoms with Crippen LogP contribution in [-0.4, -0.2) is 11.9 Å². The maximum Gasteiger partial charge on any atom is 0.207 e. The Balaban J connectivity index is 2.79. The number of carbonyl (C=O) groups is 1. The van der Waals surface area contributed by atoms with E-state index in [1.165, 1.54) is 11.1 Å². The molecule has 1 N–H and O–H groups in total. The van der Waals surface area contributed by atoms with Crippen molar-refractivity contribution in [2.75, 3.05) is 0 Å². The maximum absolute atomic E-state index is 10.3. The van der Waals surface area contributed by atoms with Gasteiger partial charge in [-0.05, 0) is 27.2 Å². The third-order valence-electron chi connectivity index (χ3n) is 2.40. The highest BCUT2D eigenvalue weighted by Gasteiger charge is 2.23. The first kappa shape index (κ1) is 9.04. The smallest absolute Gasteiger partial charge is 0.207 e. The van der Waals surface area contributed by atoms with Gasteiger partial charge in [0, 0.05) is 0 Å². The Hall–Kier alpha value is -1.05. The molecule has 1 unspecified atom stereocenters. The van der Waals surface area contributed by atoms with Gasteiger partial charge in [-0.25, -0.2) is 0 Å². The summed E-state index contributed by atoms with van der Waals surface area (Å²) in [7, 11) is 0. The van der Waals surface area contributed by atoms with E-state index in [-0.39, 0.29) is 5.54 Å². The molecular weight excluding hydrogens is 150 g/mol. The molecule has 1 aliphatic carbocycles. The summed E-state index contributed by atoms with van der Waals surface area (Å²) in [4.78, 5) is 10.3. The van der Waals surface area contributed by atoms with Crippen molar-refractivity contribution >= 4 is 6.41 Å². The van der Waals surface area contributed by atoms with Crippen LogP contribution in [0.2, 0.25) is 0 Å². The Labute approximate surface area is 73.4 Å². The quantitative estimate of drug-likeness (QED) is 0.621. The van der Waals surface area contributed by atoms with Gasteiger partial charge < -0.3 is 5.32 Å². The molecule has 0 saturated heterocycles. The van der Waals surface area contributed by atoms with Crippen LogP contribution < -0.4 is 5.32 Å². The van der Waals surface area contributed by atoms with Crippen LogP contribution in [-0.2, 0) is 4.79 Å². The summed E-state index contributed by atoms with van der Waals surface area (Å²) in [5, 5.41) is 2.81. The molecule has 1 rings (SSSR count). The van der Waals surface area contributed by atoms with E-state index in [9.17, 15) is 4.79 Å². The SMILES string of the molecule is CC1=C(C)CC(C)(NC=O)C=C1. The maximum atomic E-state index is 10.3. The van der Waals surface area contributed by atoms with Crippen molar-refractivity contribution in [3.63, 3.8) is 0 Å². The normalized spacial score (nSPS) is 28.9. The number of carbonyl (C=O) groups excluding carboxylic acids is 1. The number of hydrogen-bond acceptors (Lipinski definition) is 1. The lowest BCUT2D eigenvalue weighted by Gasteiger charge is -2.29. The summed E-state index contributed by atoms with van der Waals surface area (Å²) in [6.45, 7) is 6.21. The van der Waals surface area contributed by atoms with Gasteiger partial charge in [0.1, 0.15) is 0 Å². The zero-order valence-electron chi connectivity index (χ0n) is 7.85. The van der Waals surface area contributed by atoms with E-state index >= 15 is 0 Å². The molecule has 0 radical (unpaired) electrons. The molecule has 1 amide bonds. The molecule has 0 aromatic rings. The minimum atomic E-state index is -0.175. The van der Waals surface area contributed by atoms with E-state index < -0.39 is 0 Å². The van der Waals surface area contributed by atoms with Gasteiger partial charge in [0.2, 0.25) is 6.41 Å². The van der Waals surface area contributed by atoms with Crippen molar-refractivity contribution in [1.82, 2.24) is 5.32 Å². The predicted molar refractivity (Wildman–Crippen MR) is 49.7 cm³/mol. The van der Waals surface area contributed by atoms with Crippen LogP contribution in [0.3, 0.4) is 0 Å². The molecule has 66 valence electrons. The first-order chi connectivity index (χ1) is 5.57. The summed E-state index contributed by atoms with van der Waals surface area (Å²) < 4.78 is 0. The average Bonchev–Trinajstić information content (AvgIpc) is 1.98. The number of amides is 1. The molecule has 0 saturated carbocycles. The fraction of sp³-hybridized carbons (Fsp3) is 0.500. The lowest BCUT2D eigenvalue weighted by atomic mass is 9.86. The third kappa shape index (κ3) is 1.76. The molecule has 0 heterocycles. The zero-order valence-corrected chi connectivity index (χ0v) is 7.85. The molecule has 2 heteroatoms. The van der Waals surface area contributed by atoms with Gasteiger partial charge in [0.05, 0.1) is 5.54 Å². The lowest BCUT2D eigenvalue weighted by Crippen LogP contribution is -2.40. The topological polar surface area (TPSA) is 29.1 Å². The number of nitrogens with one attached hydrogen (secondary N) is 1. The molecule has 0 aromatic heterocycles. The molecule has 12 heavy (non-hydrogen) atoms. The van der Waals surface area contributed by atoms with Crippen molar-refractivity contribution in [1.29, 1.82) is 0 Å². The van der Waals surface area contributed by atoms with Gasteiger partial charge >= 0.3 is 0 Å². The van der Waals surface area contributed by atoms with E-state index in [4.69, 9.17) is 0 Å². The van der Waals surface area contributed by atoms with Crippen molar-refractivity contribution in [3.05, 3.63) is 23.3 Å². The van der Waals surface area contributed by atoms with E-state index in [1.807, 2.05) is 13.0 Å². The average molecular weight is 165 g/mol. The molecular formula is C10H15NO. The van der Waals surface area contributed by atoms with Gasteiger partial charge in [-0.15, -0.1) is 0 Å². The van der Waals surface area contributed by atoms with Crippen molar-refractivity contribution < 1.29 is 4.79 Å². The molecule has 1 aliphatic rings. The van der Waals surface area contributed by atoms with E-state index in [1.54, 1.807) is 0 Å². The second kappa shape index (κ2) is 3.13. The predicted octanol–water partition coefficient (Wildman–Crippen LogP) is 1.79. The standard InChI is InChI=1S/C10H15NO/c1-8-4-5-10(3,11-7-12)6-9(8)2/h4-5,7H,6H2,1-3H3,(H,11,12). The second-order valence-corrected chi connectivity index (χ2v) is 3.65. The highest BCUT2D eigenvalue weighted by atomic mass is 16.1. The third-order valence-corrected chi connectivity index (χ3v) is 2.40. The number of rotatable bonds is 2. The Kier molecular flexibility index (Phi) is 2.36. The van der Waals surface area contributed by atoms with Crippen LogP contribution in [0.5, 0.6) is 0 Å². The molecule has 2 nitrogen and oxygen atoms in total. The fourth-order valence-corrected chi connectivity index (χ4v) is 1.43. The van der Waals surface area contributed by atoms with E-state index in [0.717, 1.165) is 12.8 Å². The molecule has 1 atom stereocenters. The van der Waals surface area contributed by atoms with Crippen molar-refractivity contribution in [3.8, 4) is 0 Å². The Morgan fingerprint density at radius 2 is 2.25 bits per heavy atom. The van der Waals surface area contributed by atoms with Gasteiger partial charge in [0.25, 0.3) is 0 Å². The minimum Gasteiger partial charge on any atom is -0.350 e. The molecule has 0 spiro atoms. The van der Waals surface area contributed by atoms with E-state index in [0.29, 0.717) is 0 Å². The highest BCUT2D eigenvalue weighted by Crippen LogP contribution is 2.25. The monoisotopic (exact) mass is 165 g/mol. The van der Waals surface area contributed by atoms with Crippen LogP contribution in [0, 0.1) is 0 Å². The van der Waals surface area contributed by atoms with Gasteiger partial charge in [-0.1, -0.05) is 23.3 Å². The van der Waals surface area contributed by atoms with Crippen LogP contribution in [0.4, 0.5) is 0 Å². The molecule has 0 bridgehead atoms. The van der Waals surface area contributed by atoms with Crippen molar-refractivity contribution in [2.45, 2.75) is 32.7 Å². The van der Waals surface area contributed by atoms with Gasteiger partial charge in [-0.3, -0.25) is 4.79 Å². The first-order valence-electron chi connectivity index (χ1n) is 4.14. The second-order valence-electron chi connectivity index (χ2n) is 3.65. The number of allylic oxidation sites excluding steroid dienone is 2. The Morgan fingerprint density at radius 1 is 1.58 bits per heavy atom. The largest absolute Gasteiger partial charge is 0.350 e. The van der Waals surface area contributed by atoms with Gasteiger partial charge in [-0.2, -0.15) is 0 Å². The summed E-state index contributed by atoms with van der Waals surface area (Å²) in [6.07, 6.45) is 5.78. The van der Waals surface area contributed by atoms with Crippen LogP contribution in [0.1, 0.15) is 27.2 Å². The van der Waals surface area contributed by atoms with Crippen LogP contribution in [0.25, 0.3) is 0 Å². The summed E-state index contributed by atoms with van der Waals surface area (Å²) in [5.74, 6) is 0. The van der Waals surface area contributed by atoms with E-state index in [2.05, 4.69) is 25.2 Å². The Bertz CT molecular complexity index is 253. The lowest BCUT2D eigenvalue weighted by molar-refractivity contribution is -0.110. The minimum absolute atomic E-state index is 0.175. The number of hydrogen-bond donors (Lipinski definition) is 1. The van der Waals surface area contributed by atoms with Gasteiger partial charge in [0.15, 0.2) is 0 Å². The fourth-order valence-electron chi connectivity index (χ4n) is 1.43. The summed E-state index contributed by atoms with van der Waals surface area (Å²) in [5.41, 5.74) is 2.47. The van der Waals surface area contributed by atoms with Crippen LogP contribution >= 0.6 is 0 Å². The molecule has 0 aromatic carbocycles. The zero-order chi connectivity index (χ0) is 9.19. The molecule has 0 fully saturated rings. The van der Waals surface area contributed by atoms with Crippen molar-refractivity contribution in [2.24, 2.45) is 0 Å². The highest BCUT2D eigenvalue weighted by molar-refractivity contribution is 5.50. The molecule has 0 aliphatic heterocycles. The Morgan fingerprint density at radius 3 is 2.75 bits per heavy atom. The first-order valence-corrected chi connectivity index (χ1v) is 4.14.